The van der Waals surface area contributed by atoms with Crippen molar-refractivity contribution in [2.45, 2.75) is 18.3 Å². The van der Waals surface area contributed by atoms with Crippen molar-refractivity contribution in [2.24, 2.45) is 0 Å². The summed E-state index contributed by atoms with van der Waals surface area (Å²) in [5, 5.41) is 2.93. The molecular formula is C18H19NO3S. The lowest BCUT2D eigenvalue weighted by Crippen LogP contribution is -2.28. The predicted octanol–water partition coefficient (Wildman–Crippen LogP) is 2.82. The van der Waals surface area contributed by atoms with Crippen molar-refractivity contribution in [2.75, 3.05) is 18.2 Å². The molecule has 0 aliphatic carbocycles. The maximum atomic E-state index is 12.7. The molecule has 0 unspecified atom stereocenters. The van der Waals surface area contributed by atoms with Crippen LogP contribution in [-0.4, -0.2) is 23.0 Å². The third kappa shape index (κ3) is 3.68. The number of carbonyl (C=O) groups is 1. The number of carbonyl (C=O) groups excluding carboxylic acids is 1. The number of fused-ring (bicyclic) bond motifs is 1. The minimum atomic E-state index is -0.965. The fourth-order valence-electron chi connectivity index (χ4n) is 2.80. The first-order valence-electron chi connectivity index (χ1n) is 7.53. The molecule has 3 rings (SSSR count). The van der Waals surface area contributed by atoms with E-state index < -0.39 is 16.9 Å². The van der Waals surface area contributed by atoms with Crippen molar-refractivity contribution in [1.29, 1.82) is 0 Å². The van der Waals surface area contributed by atoms with Gasteiger partial charge in [0.2, 0.25) is 0 Å². The molecule has 23 heavy (non-hydrogen) atoms. The molecule has 2 aromatic rings. The van der Waals surface area contributed by atoms with Crippen LogP contribution in [0.5, 0.6) is 0 Å². The summed E-state index contributed by atoms with van der Waals surface area (Å²) in [6.07, 6.45) is 1.88. The van der Waals surface area contributed by atoms with Crippen molar-refractivity contribution in [3.05, 3.63) is 65.2 Å². The van der Waals surface area contributed by atoms with Gasteiger partial charge < -0.3 is 10.1 Å². The number of rotatable bonds is 4. The van der Waals surface area contributed by atoms with Gasteiger partial charge in [0.05, 0.1) is 12.4 Å². The first-order valence-corrected chi connectivity index (χ1v) is 9.26. The molecule has 1 amide bonds. The summed E-state index contributed by atoms with van der Waals surface area (Å²) in [5.41, 5.74) is 3.64. The number of nitrogens with one attached hydrogen (secondary N) is 1. The lowest BCUT2D eigenvalue weighted by Gasteiger charge is -2.25. The second-order valence-electron chi connectivity index (χ2n) is 5.56. The Morgan fingerprint density at radius 1 is 1.22 bits per heavy atom. The second kappa shape index (κ2) is 7.06. The van der Waals surface area contributed by atoms with Crippen LogP contribution >= 0.6 is 0 Å². The van der Waals surface area contributed by atoms with Gasteiger partial charge in [0.15, 0.2) is 6.10 Å². The average Bonchev–Trinajstić information content (AvgIpc) is 2.55. The number of para-hydroxylation sites is 1. The molecule has 0 radical (unpaired) electrons. The van der Waals surface area contributed by atoms with Crippen LogP contribution < -0.4 is 5.32 Å². The summed E-state index contributed by atoms with van der Waals surface area (Å²) in [4.78, 5) is 12.7. The Morgan fingerprint density at radius 3 is 2.78 bits per heavy atom. The molecule has 0 spiro atoms. The Morgan fingerprint density at radius 2 is 1.96 bits per heavy atom. The van der Waals surface area contributed by atoms with Gasteiger partial charge in [-0.3, -0.25) is 9.00 Å². The van der Waals surface area contributed by atoms with E-state index in [-0.39, 0.29) is 5.91 Å². The SMILES string of the molecule is C[S@](=O)Cc1ccccc1NC(=O)[C@H]1OCCc2ccccc21. The molecule has 5 heteroatoms. The first kappa shape index (κ1) is 15.9. The van der Waals surface area contributed by atoms with Crippen LogP contribution in [0.25, 0.3) is 0 Å². The molecule has 120 valence electrons. The highest BCUT2D eigenvalue weighted by molar-refractivity contribution is 7.83. The van der Waals surface area contributed by atoms with Crippen LogP contribution in [0.1, 0.15) is 22.8 Å². The van der Waals surface area contributed by atoms with Crippen molar-refractivity contribution in [3.8, 4) is 0 Å². The van der Waals surface area contributed by atoms with Crippen LogP contribution in [0.4, 0.5) is 5.69 Å². The Hall–Kier alpha value is -1.98. The van der Waals surface area contributed by atoms with Crippen LogP contribution in [0.3, 0.4) is 0 Å². The fraction of sp³-hybridized carbons (Fsp3) is 0.278. The van der Waals surface area contributed by atoms with Crippen molar-refractivity contribution in [1.82, 2.24) is 0 Å². The summed E-state index contributed by atoms with van der Waals surface area (Å²) in [7, 11) is -0.965. The third-order valence-corrected chi connectivity index (χ3v) is 4.58. The maximum absolute atomic E-state index is 12.7. The Labute approximate surface area is 138 Å². The lowest BCUT2D eigenvalue weighted by atomic mass is 9.97. The van der Waals surface area contributed by atoms with E-state index in [1.807, 2.05) is 48.5 Å². The van der Waals surface area contributed by atoms with Gasteiger partial charge >= 0.3 is 0 Å². The van der Waals surface area contributed by atoms with E-state index in [1.54, 1.807) is 6.26 Å². The molecule has 2 aromatic carbocycles. The normalized spacial score (nSPS) is 18.0. The van der Waals surface area contributed by atoms with E-state index in [9.17, 15) is 9.00 Å². The minimum absolute atomic E-state index is 0.188. The summed E-state index contributed by atoms with van der Waals surface area (Å²) in [5.74, 6) is 0.227. The number of benzene rings is 2. The molecule has 0 aromatic heterocycles. The van der Waals surface area contributed by atoms with E-state index in [4.69, 9.17) is 4.74 Å². The molecular weight excluding hydrogens is 310 g/mol. The van der Waals surface area contributed by atoms with Crippen LogP contribution in [0.15, 0.2) is 48.5 Å². The molecule has 0 saturated heterocycles. The van der Waals surface area contributed by atoms with E-state index in [2.05, 4.69) is 5.32 Å². The molecule has 4 nitrogen and oxygen atoms in total. The zero-order valence-electron chi connectivity index (χ0n) is 13.0. The lowest BCUT2D eigenvalue weighted by molar-refractivity contribution is -0.128. The van der Waals surface area contributed by atoms with Crippen LogP contribution in [-0.2, 0) is 32.5 Å². The van der Waals surface area contributed by atoms with Gasteiger partial charge in [0.1, 0.15) is 0 Å². The Kier molecular flexibility index (Phi) is 4.88. The number of amides is 1. The second-order valence-corrected chi connectivity index (χ2v) is 7.00. The van der Waals surface area contributed by atoms with Gasteiger partial charge in [-0.2, -0.15) is 0 Å². The maximum Gasteiger partial charge on any atom is 0.258 e. The van der Waals surface area contributed by atoms with Gasteiger partial charge in [-0.1, -0.05) is 42.5 Å². The monoisotopic (exact) mass is 329 g/mol. The van der Waals surface area contributed by atoms with Gasteiger partial charge in [-0.25, -0.2) is 0 Å². The van der Waals surface area contributed by atoms with Gasteiger partial charge in [-0.15, -0.1) is 0 Å². The number of hydrogen-bond donors (Lipinski definition) is 1. The molecule has 1 heterocycles. The third-order valence-electron chi connectivity index (χ3n) is 3.87. The van der Waals surface area contributed by atoms with Crippen molar-refractivity contribution in [3.63, 3.8) is 0 Å². The highest BCUT2D eigenvalue weighted by Crippen LogP contribution is 2.28. The molecule has 1 N–H and O–H groups in total. The number of hydrogen-bond acceptors (Lipinski definition) is 3. The minimum Gasteiger partial charge on any atom is -0.363 e. The highest BCUT2D eigenvalue weighted by atomic mass is 32.2. The quantitative estimate of drug-likeness (QED) is 0.938. The standard InChI is InChI=1S/C18H19NO3S/c1-23(21)12-14-7-3-5-9-16(14)19-18(20)17-15-8-4-2-6-13(15)10-11-22-17/h2-9,17H,10-12H2,1H3,(H,19,20)/t17-,23-/m0/s1. The largest absolute Gasteiger partial charge is 0.363 e. The number of ether oxygens (including phenoxy) is 1. The summed E-state index contributed by atoms with van der Waals surface area (Å²) >= 11 is 0. The van der Waals surface area contributed by atoms with Gasteiger partial charge in [0.25, 0.3) is 5.91 Å². The fourth-order valence-corrected chi connectivity index (χ4v) is 3.49. The zero-order chi connectivity index (χ0) is 16.2. The van der Waals surface area contributed by atoms with E-state index >= 15 is 0 Å². The molecule has 0 saturated carbocycles. The van der Waals surface area contributed by atoms with Crippen molar-refractivity contribution < 1.29 is 13.7 Å². The molecule has 1 aliphatic heterocycles. The van der Waals surface area contributed by atoms with Crippen molar-refractivity contribution >= 4 is 22.4 Å². The van der Waals surface area contributed by atoms with E-state index in [1.165, 1.54) is 0 Å². The van der Waals surface area contributed by atoms with Crippen LogP contribution in [0.2, 0.25) is 0 Å². The number of anilines is 1. The van der Waals surface area contributed by atoms with Gasteiger partial charge in [0, 0.05) is 22.7 Å². The predicted molar refractivity (Wildman–Crippen MR) is 91.7 cm³/mol. The van der Waals surface area contributed by atoms with E-state index in [0.29, 0.717) is 18.0 Å². The molecule has 0 fully saturated rings. The molecule has 1 aliphatic rings. The Balaban J connectivity index is 1.82. The smallest absolute Gasteiger partial charge is 0.258 e. The first-order chi connectivity index (χ1) is 11.1. The van der Waals surface area contributed by atoms with E-state index in [0.717, 1.165) is 23.1 Å². The summed E-state index contributed by atoms with van der Waals surface area (Å²) < 4.78 is 17.2. The van der Waals surface area contributed by atoms with Crippen LogP contribution in [0, 0.1) is 0 Å². The molecule has 2 atom stereocenters. The molecule has 0 bridgehead atoms. The van der Waals surface area contributed by atoms with Gasteiger partial charge in [-0.05, 0) is 29.2 Å². The average molecular weight is 329 g/mol. The Bertz CT molecular complexity index is 745. The summed E-state index contributed by atoms with van der Waals surface area (Å²) in [6, 6.07) is 15.3. The highest BCUT2D eigenvalue weighted by Gasteiger charge is 2.27. The topological polar surface area (TPSA) is 55.4 Å². The zero-order valence-corrected chi connectivity index (χ0v) is 13.8. The summed E-state index contributed by atoms with van der Waals surface area (Å²) in [6.45, 7) is 0.537.